The summed E-state index contributed by atoms with van der Waals surface area (Å²) in [5.74, 6) is 0. The van der Waals surface area contributed by atoms with Crippen molar-refractivity contribution in [3.63, 3.8) is 0 Å². The molecule has 0 saturated heterocycles. The molecule has 146 valence electrons. The number of rotatable bonds is 7. The molecular formula is C19H15Cl3N2O3S. The molecular weight excluding hydrogens is 443 g/mol. The van der Waals surface area contributed by atoms with Crippen LogP contribution < -0.4 is 0 Å². The summed E-state index contributed by atoms with van der Waals surface area (Å²) in [5, 5.41) is 0.975. The molecule has 0 spiro atoms. The zero-order valence-electron chi connectivity index (χ0n) is 14.4. The van der Waals surface area contributed by atoms with Gasteiger partial charge in [-0.15, -0.1) is 0 Å². The SMILES string of the molecule is O=C(OC(Cn1ccnc1)c1ccc(Cl)cc1Cl)SOCc1ccc(Cl)cc1. The van der Waals surface area contributed by atoms with Crippen molar-refractivity contribution in [2.75, 3.05) is 0 Å². The van der Waals surface area contributed by atoms with Crippen LogP contribution in [-0.2, 0) is 22.1 Å². The zero-order chi connectivity index (χ0) is 19.9. The molecule has 1 atom stereocenters. The smallest absolute Gasteiger partial charge is 0.395 e. The summed E-state index contributed by atoms with van der Waals surface area (Å²) in [5.41, 5.74) is 1.53. The van der Waals surface area contributed by atoms with Crippen molar-refractivity contribution in [2.24, 2.45) is 0 Å². The van der Waals surface area contributed by atoms with Gasteiger partial charge in [-0.1, -0.05) is 53.0 Å². The summed E-state index contributed by atoms with van der Waals surface area (Å²) in [6, 6.07) is 12.2. The van der Waals surface area contributed by atoms with Crippen molar-refractivity contribution in [2.45, 2.75) is 19.3 Å². The van der Waals surface area contributed by atoms with Gasteiger partial charge in [0.1, 0.15) is 18.1 Å². The van der Waals surface area contributed by atoms with Crippen LogP contribution in [0.5, 0.6) is 0 Å². The Bertz CT molecular complexity index is 921. The minimum Gasteiger partial charge on any atom is -0.446 e. The highest BCUT2D eigenvalue weighted by atomic mass is 35.5. The lowest BCUT2D eigenvalue weighted by Crippen LogP contribution is -2.14. The molecule has 0 radical (unpaired) electrons. The Morgan fingerprint density at radius 2 is 1.86 bits per heavy atom. The Labute approximate surface area is 181 Å². The molecule has 0 aliphatic heterocycles. The van der Waals surface area contributed by atoms with Crippen molar-refractivity contribution in [1.29, 1.82) is 0 Å². The van der Waals surface area contributed by atoms with Gasteiger partial charge in [0.2, 0.25) is 0 Å². The third-order valence-corrected chi connectivity index (χ3v) is 5.03. The fourth-order valence-corrected chi connectivity index (χ4v) is 3.51. The van der Waals surface area contributed by atoms with Crippen LogP contribution in [0.15, 0.2) is 61.2 Å². The standard InChI is InChI=1S/C19H15Cl3N2O3S/c20-14-3-1-13(2-4-14)11-26-28-19(25)27-18(10-24-8-7-23-12-24)16-6-5-15(21)9-17(16)22/h1-9,12,18H,10-11H2. The third kappa shape index (κ3) is 6.15. The number of nitrogens with zero attached hydrogens (tertiary/aromatic N) is 2. The van der Waals surface area contributed by atoms with Crippen molar-refractivity contribution in [3.8, 4) is 0 Å². The molecule has 0 fully saturated rings. The maximum Gasteiger partial charge on any atom is 0.395 e. The molecule has 1 heterocycles. The summed E-state index contributed by atoms with van der Waals surface area (Å²) in [4.78, 5) is 16.3. The van der Waals surface area contributed by atoms with E-state index >= 15 is 0 Å². The molecule has 1 aromatic heterocycles. The van der Waals surface area contributed by atoms with Crippen molar-refractivity contribution < 1.29 is 13.7 Å². The largest absolute Gasteiger partial charge is 0.446 e. The van der Waals surface area contributed by atoms with E-state index in [2.05, 4.69) is 4.98 Å². The maximum absolute atomic E-state index is 12.3. The fraction of sp³-hybridized carbons (Fsp3) is 0.158. The van der Waals surface area contributed by atoms with Gasteiger partial charge in [-0.05, 0) is 29.8 Å². The van der Waals surface area contributed by atoms with Gasteiger partial charge in [-0.2, -0.15) is 0 Å². The molecule has 2 aromatic carbocycles. The average molecular weight is 458 g/mol. The Morgan fingerprint density at radius 1 is 1.11 bits per heavy atom. The van der Waals surface area contributed by atoms with Crippen molar-refractivity contribution in [3.05, 3.63) is 87.4 Å². The molecule has 28 heavy (non-hydrogen) atoms. The molecule has 0 bridgehead atoms. The molecule has 3 aromatic rings. The second kappa shape index (κ2) is 10.2. The first-order valence-electron chi connectivity index (χ1n) is 8.16. The third-order valence-electron chi connectivity index (χ3n) is 3.75. The first-order valence-corrected chi connectivity index (χ1v) is 10.0. The van der Waals surface area contributed by atoms with Crippen LogP contribution in [-0.4, -0.2) is 14.9 Å². The minimum atomic E-state index is -0.627. The van der Waals surface area contributed by atoms with Crippen LogP contribution in [0.4, 0.5) is 4.79 Å². The van der Waals surface area contributed by atoms with Gasteiger partial charge in [0.05, 0.1) is 19.5 Å². The lowest BCUT2D eigenvalue weighted by molar-refractivity contribution is 0.109. The van der Waals surface area contributed by atoms with Crippen LogP contribution in [0.3, 0.4) is 0 Å². The quantitative estimate of drug-likeness (QED) is 0.296. The number of carbonyl (C=O) groups is 1. The highest BCUT2D eigenvalue weighted by Crippen LogP contribution is 2.31. The van der Waals surface area contributed by atoms with E-state index in [1.807, 2.05) is 12.1 Å². The van der Waals surface area contributed by atoms with Gasteiger partial charge in [0.25, 0.3) is 0 Å². The van der Waals surface area contributed by atoms with Gasteiger partial charge >= 0.3 is 5.30 Å². The Morgan fingerprint density at radius 3 is 2.54 bits per heavy atom. The first kappa shape index (κ1) is 21.0. The van der Waals surface area contributed by atoms with Crippen molar-refractivity contribution in [1.82, 2.24) is 9.55 Å². The summed E-state index contributed by atoms with van der Waals surface area (Å²) in [6.07, 6.45) is 4.42. The van der Waals surface area contributed by atoms with Crippen LogP contribution in [0.25, 0.3) is 0 Å². The number of benzene rings is 2. The monoisotopic (exact) mass is 456 g/mol. The highest BCUT2D eigenvalue weighted by molar-refractivity contribution is 8.09. The van der Waals surface area contributed by atoms with E-state index in [1.165, 1.54) is 0 Å². The number of imidazole rings is 1. The predicted molar refractivity (Wildman–Crippen MR) is 112 cm³/mol. The number of hydrogen-bond donors (Lipinski definition) is 0. The fourth-order valence-electron chi connectivity index (χ4n) is 2.41. The molecule has 3 rings (SSSR count). The molecule has 5 nitrogen and oxygen atoms in total. The molecule has 0 amide bonds. The van der Waals surface area contributed by atoms with Crippen LogP contribution in [0.2, 0.25) is 15.1 Å². The molecule has 0 N–H and O–H groups in total. The highest BCUT2D eigenvalue weighted by Gasteiger charge is 2.21. The summed E-state index contributed by atoms with van der Waals surface area (Å²) in [7, 11) is 0. The summed E-state index contributed by atoms with van der Waals surface area (Å²) >= 11 is 18.7. The average Bonchev–Trinajstić information content (AvgIpc) is 3.16. The number of carbonyl (C=O) groups excluding carboxylic acids is 1. The number of aromatic nitrogens is 2. The second-order valence-corrected chi connectivity index (χ2v) is 7.77. The van der Waals surface area contributed by atoms with Gasteiger partial charge < -0.3 is 13.5 Å². The topological polar surface area (TPSA) is 53.4 Å². The van der Waals surface area contributed by atoms with Gasteiger partial charge in [0, 0.05) is 33.0 Å². The second-order valence-electron chi connectivity index (χ2n) is 5.75. The van der Waals surface area contributed by atoms with E-state index in [1.54, 1.807) is 53.6 Å². The van der Waals surface area contributed by atoms with Gasteiger partial charge in [-0.25, -0.2) is 9.78 Å². The molecule has 0 aliphatic carbocycles. The summed E-state index contributed by atoms with van der Waals surface area (Å²) < 4.78 is 12.8. The van der Waals surface area contributed by atoms with Gasteiger partial charge in [-0.3, -0.25) is 0 Å². The van der Waals surface area contributed by atoms with Crippen LogP contribution in [0.1, 0.15) is 17.2 Å². The van der Waals surface area contributed by atoms with Crippen molar-refractivity contribution >= 4 is 52.1 Å². The Balaban J connectivity index is 1.63. The lowest BCUT2D eigenvalue weighted by atomic mass is 10.1. The van der Waals surface area contributed by atoms with Crippen LogP contribution in [0, 0.1) is 0 Å². The minimum absolute atomic E-state index is 0.241. The zero-order valence-corrected chi connectivity index (χ0v) is 17.5. The van der Waals surface area contributed by atoms with E-state index in [9.17, 15) is 4.79 Å². The normalized spacial score (nSPS) is 12.0. The number of hydrogen-bond acceptors (Lipinski definition) is 5. The maximum atomic E-state index is 12.3. The van der Waals surface area contributed by atoms with E-state index in [4.69, 9.17) is 43.7 Å². The van der Waals surface area contributed by atoms with Crippen LogP contribution >= 0.6 is 46.8 Å². The molecule has 9 heteroatoms. The molecule has 1 unspecified atom stereocenters. The van der Waals surface area contributed by atoms with E-state index in [0.717, 1.165) is 5.56 Å². The summed E-state index contributed by atoms with van der Waals surface area (Å²) in [6.45, 7) is 0.593. The lowest BCUT2D eigenvalue weighted by Gasteiger charge is -2.19. The molecule has 0 aliphatic rings. The Hall–Kier alpha value is -1.70. The molecule has 0 saturated carbocycles. The number of ether oxygens (including phenoxy) is 1. The van der Waals surface area contributed by atoms with E-state index in [0.29, 0.717) is 39.2 Å². The number of halogens is 3. The Kier molecular flexibility index (Phi) is 7.65. The first-order chi connectivity index (χ1) is 13.5. The predicted octanol–water partition coefficient (Wildman–Crippen LogP) is 6.59. The van der Waals surface area contributed by atoms with Gasteiger partial charge in [0.15, 0.2) is 0 Å². The van der Waals surface area contributed by atoms with E-state index < -0.39 is 11.4 Å². The van der Waals surface area contributed by atoms with E-state index in [-0.39, 0.29) is 6.61 Å².